The number of pyridine rings is 1. The van der Waals surface area contributed by atoms with Gasteiger partial charge in [0.25, 0.3) is 0 Å². The molecule has 0 saturated carbocycles. The molecular formula is C24H27ClFN4O3+. The maximum Gasteiger partial charge on any atom is 0.212 e. The predicted octanol–water partition coefficient (Wildman–Crippen LogP) is 3.77. The summed E-state index contributed by atoms with van der Waals surface area (Å²) in [7, 11) is 1.54. The molecule has 0 radical (unpaired) electrons. The van der Waals surface area contributed by atoms with Crippen LogP contribution >= 0.6 is 11.6 Å². The summed E-state index contributed by atoms with van der Waals surface area (Å²) in [5.74, 6) is -0.230. The molecule has 0 aliphatic rings. The number of nitrogens with zero attached hydrogens (tertiary/aromatic N) is 2. The minimum Gasteiger partial charge on any atom is -0.496 e. The van der Waals surface area contributed by atoms with Crippen LogP contribution in [0.4, 0.5) is 4.39 Å². The van der Waals surface area contributed by atoms with Gasteiger partial charge in [0, 0.05) is 41.7 Å². The van der Waals surface area contributed by atoms with E-state index in [-0.39, 0.29) is 24.1 Å². The van der Waals surface area contributed by atoms with Gasteiger partial charge in [-0.3, -0.25) is 0 Å². The molecule has 4 N–H and O–H groups in total. The molecule has 0 unspecified atom stereocenters. The van der Waals surface area contributed by atoms with Crippen molar-refractivity contribution in [3.63, 3.8) is 0 Å². The second-order valence-corrected chi connectivity index (χ2v) is 8.59. The number of ether oxygens (including phenoxy) is 1. The van der Waals surface area contributed by atoms with Crippen LogP contribution in [0.2, 0.25) is 5.02 Å². The Hall–Kier alpha value is -2.94. The third-order valence-corrected chi connectivity index (χ3v) is 6.50. The molecule has 2 atom stereocenters. The van der Waals surface area contributed by atoms with Gasteiger partial charge in [-0.05, 0) is 30.7 Å². The Kier molecular flexibility index (Phi) is 6.43. The Labute approximate surface area is 195 Å². The number of aliphatic hydroxyl groups excluding tert-OH is 2. The number of halogens is 2. The van der Waals surface area contributed by atoms with Crippen LogP contribution in [0.5, 0.6) is 5.75 Å². The van der Waals surface area contributed by atoms with Crippen molar-refractivity contribution in [3.05, 3.63) is 63.9 Å². The number of rotatable bonds is 7. The number of hydrogen-bond donors (Lipinski definition) is 4. The normalized spacial score (nSPS) is 13.5. The number of hydrogen-bond acceptors (Lipinski definition) is 4. The van der Waals surface area contributed by atoms with Gasteiger partial charge in [-0.1, -0.05) is 18.5 Å². The Morgan fingerprint density at radius 2 is 2.06 bits per heavy atom. The number of methoxy groups -OCH3 is 1. The van der Waals surface area contributed by atoms with Crippen molar-refractivity contribution in [1.82, 2.24) is 15.1 Å². The van der Waals surface area contributed by atoms with Gasteiger partial charge in [0.05, 0.1) is 30.0 Å². The molecule has 0 saturated heterocycles. The molecule has 33 heavy (non-hydrogen) atoms. The lowest BCUT2D eigenvalue weighted by Gasteiger charge is -2.17. The molecule has 4 aromatic rings. The van der Waals surface area contributed by atoms with E-state index in [1.165, 1.54) is 13.2 Å². The van der Waals surface area contributed by atoms with Crippen molar-refractivity contribution in [1.29, 1.82) is 0 Å². The summed E-state index contributed by atoms with van der Waals surface area (Å²) in [5.41, 5.74) is 5.91. The fraction of sp³-hybridized carbons (Fsp3) is 0.333. The van der Waals surface area contributed by atoms with E-state index in [0.29, 0.717) is 17.0 Å². The van der Waals surface area contributed by atoms with Crippen LogP contribution in [-0.4, -0.2) is 45.1 Å². The van der Waals surface area contributed by atoms with Gasteiger partial charge in [-0.2, -0.15) is 5.10 Å². The van der Waals surface area contributed by atoms with Gasteiger partial charge >= 0.3 is 0 Å². The van der Waals surface area contributed by atoms with Crippen LogP contribution in [0.25, 0.3) is 22.2 Å². The second kappa shape index (κ2) is 9.13. The first kappa shape index (κ1) is 23.2. The molecule has 0 spiro atoms. The van der Waals surface area contributed by atoms with E-state index >= 15 is 0 Å². The predicted molar refractivity (Wildman–Crippen MR) is 124 cm³/mol. The van der Waals surface area contributed by atoms with Crippen molar-refractivity contribution >= 4 is 22.6 Å². The van der Waals surface area contributed by atoms with E-state index in [2.05, 4.69) is 15.1 Å². The molecule has 3 aromatic heterocycles. The van der Waals surface area contributed by atoms with Gasteiger partial charge in [-0.15, -0.1) is 4.68 Å². The first-order chi connectivity index (χ1) is 15.8. The molecule has 0 aliphatic heterocycles. The van der Waals surface area contributed by atoms with Crippen LogP contribution < -0.4 is 9.42 Å². The SMILES string of the molecule is COc1ccc(F)c(Cl)c1[C@@H](C)c1c[nH]c2ncc(-c3c(C)[nH][n+](C[C@@H](O)CO)c3C)cc12. The van der Waals surface area contributed by atoms with Crippen molar-refractivity contribution in [2.75, 3.05) is 13.7 Å². The summed E-state index contributed by atoms with van der Waals surface area (Å²) in [6.07, 6.45) is 2.80. The maximum absolute atomic E-state index is 14.3. The molecule has 0 fully saturated rings. The van der Waals surface area contributed by atoms with E-state index in [4.69, 9.17) is 16.3 Å². The minimum atomic E-state index is -0.858. The third-order valence-electron chi connectivity index (χ3n) is 6.11. The van der Waals surface area contributed by atoms with Crippen molar-refractivity contribution in [3.8, 4) is 16.9 Å². The monoisotopic (exact) mass is 473 g/mol. The fourth-order valence-electron chi connectivity index (χ4n) is 4.43. The molecule has 0 bridgehead atoms. The molecule has 9 heteroatoms. The zero-order valence-electron chi connectivity index (χ0n) is 18.9. The Morgan fingerprint density at radius 1 is 1.30 bits per heavy atom. The van der Waals surface area contributed by atoms with E-state index in [9.17, 15) is 14.6 Å². The zero-order valence-corrected chi connectivity index (χ0v) is 19.7. The highest BCUT2D eigenvalue weighted by atomic mass is 35.5. The van der Waals surface area contributed by atoms with Crippen molar-refractivity contribution < 1.29 is 24.0 Å². The summed E-state index contributed by atoms with van der Waals surface area (Å²) in [5, 5.41) is 23.2. The molecule has 3 heterocycles. The third kappa shape index (κ3) is 4.10. The number of benzene rings is 1. The standard InChI is InChI=1S/C24H26ClFN4O3/c1-12(21-20(33-4)6-5-19(26)23(21)25)18-9-28-24-17(18)7-15(8-27-24)22-13(2)29-30(14(22)3)10-16(32)11-31/h5-9,12,16,31-32H,10-11H2,1-4H3,(H,27,28)/p+1/t12-,16+/m0/s1. The minimum absolute atomic E-state index is 0.0427. The van der Waals surface area contributed by atoms with Gasteiger partial charge in [0.2, 0.25) is 5.69 Å². The molecular weight excluding hydrogens is 447 g/mol. The van der Waals surface area contributed by atoms with Crippen LogP contribution in [0.1, 0.15) is 35.4 Å². The van der Waals surface area contributed by atoms with Crippen LogP contribution in [0, 0.1) is 19.7 Å². The summed E-state index contributed by atoms with van der Waals surface area (Å²) in [6.45, 7) is 5.79. The van der Waals surface area contributed by atoms with Gasteiger partial charge in [0.15, 0.2) is 6.54 Å². The van der Waals surface area contributed by atoms with E-state index in [1.54, 1.807) is 12.3 Å². The average molecular weight is 474 g/mol. The van der Waals surface area contributed by atoms with Gasteiger partial charge in [0.1, 0.15) is 23.3 Å². The average Bonchev–Trinajstić information content (AvgIpc) is 3.34. The number of fused-ring (bicyclic) bond motifs is 1. The largest absolute Gasteiger partial charge is 0.496 e. The Morgan fingerprint density at radius 3 is 2.76 bits per heavy atom. The lowest BCUT2D eigenvalue weighted by atomic mass is 9.91. The van der Waals surface area contributed by atoms with E-state index in [0.717, 1.165) is 33.5 Å². The first-order valence-electron chi connectivity index (χ1n) is 10.6. The highest BCUT2D eigenvalue weighted by molar-refractivity contribution is 6.31. The molecule has 0 aliphatic carbocycles. The van der Waals surface area contributed by atoms with Crippen LogP contribution in [-0.2, 0) is 6.54 Å². The molecule has 7 nitrogen and oxygen atoms in total. The second-order valence-electron chi connectivity index (χ2n) is 8.21. The lowest BCUT2D eigenvalue weighted by Crippen LogP contribution is -2.44. The van der Waals surface area contributed by atoms with Crippen molar-refractivity contribution in [2.45, 2.75) is 39.3 Å². The first-order valence-corrected chi connectivity index (χ1v) is 11.0. The summed E-state index contributed by atoms with van der Waals surface area (Å²) in [6, 6.07) is 4.92. The van der Waals surface area contributed by atoms with Crippen LogP contribution in [0.3, 0.4) is 0 Å². The smallest absolute Gasteiger partial charge is 0.212 e. The fourth-order valence-corrected chi connectivity index (χ4v) is 4.75. The highest BCUT2D eigenvalue weighted by Gasteiger charge is 2.26. The zero-order chi connectivity index (χ0) is 23.9. The number of aliphatic hydroxyl groups is 2. The topological polar surface area (TPSA) is 98.0 Å². The lowest BCUT2D eigenvalue weighted by molar-refractivity contribution is -0.761. The molecule has 0 amide bonds. The summed E-state index contributed by atoms with van der Waals surface area (Å²) in [4.78, 5) is 7.79. The molecule has 4 rings (SSSR count). The van der Waals surface area contributed by atoms with Gasteiger partial charge < -0.3 is 19.9 Å². The molecule has 1 aromatic carbocycles. The Bertz CT molecular complexity index is 1320. The van der Waals surface area contributed by atoms with E-state index in [1.807, 2.05) is 37.7 Å². The number of aryl methyl sites for hydroxylation is 1. The highest BCUT2D eigenvalue weighted by Crippen LogP contribution is 2.41. The maximum atomic E-state index is 14.3. The van der Waals surface area contributed by atoms with E-state index < -0.39 is 11.9 Å². The van der Waals surface area contributed by atoms with Gasteiger partial charge in [-0.25, -0.2) is 9.37 Å². The quantitative estimate of drug-likeness (QED) is 0.307. The van der Waals surface area contributed by atoms with Crippen molar-refractivity contribution in [2.24, 2.45) is 0 Å². The summed E-state index contributed by atoms with van der Waals surface area (Å²) < 4.78 is 21.5. The molecule has 174 valence electrons. The Balaban J connectivity index is 1.81. The summed E-state index contributed by atoms with van der Waals surface area (Å²) >= 11 is 6.34. The number of aromatic nitrogens is 4. The number of H-pyrrole nitrogens is 2. The number of aromatic amines is 2. The number of nitrogens with one attached hydrogen (secondary N) is 2. The van der Waals surface area contributed by atoms with Crippen LogP contribution in [0.15, 0.2) is 30.6 Å².